The number of hydrogen-bond donors (Lipinski definition) is 0. The Kier molecular flexibility index (Phi) is 8.10. The van der Waals surface area contributed by atoms with Crippen molar-refractivity contribution in [3.8, 4) is 33.6 Å². The van der Waals surface area contributed by atoms with Gasteiger partial charge >= 0.3 is 0 Å². The second-order valence-corrected chi connectivity index (χ2v) is 17.6. The third kappa shape index (κ3) is 5.47. The third-order valence-electron chi connectivity index (χ3n) is 11.6. The summed E-state index contributed by atoms with van der Waals surface area (Å²) in [6.45, 7) is 0. The van der Waals surface area contributed by atoms with Crippen molar-refractivity contribution in [3.63, 3.8) is 0 Å². The molecule has 274 valence electrons. The van der Waals surface area contributed by atoms with Crippen molar-refractivity contribution in [1.82, 2.24) is 9.13 Å². The van der Waals surface area contributed by atoms with Gasteiger partial charge < -0.3 is 13.7 Å². The first-order chi connectivity index (χ1) is 28.6. The Labute approximate surface area is 337 Å². The summed E-state index contributed by atoms with van der Waals surface area (Å²) in [6.07, 6.45) is 0. The maximum atomic E-state index is 15.6. The maximum absolute atomic E-state index is 15.6. The van der Waals surface area contributed by atoms with Crippen LogP contribution in [-0.4, -0.2) is 9.13 Å². The van der Waals surface area contributed by atoms with Crippen LogP contribution in [0.4, 0.5) is 0 Å². The molecule has 11 rings (SSSR count). The predicted molar refractivity (Wildman–Crippen MR) is 245 cm³/mol. The molecule has 0 unspecified atom stereocenters. The fourth-order valence-electron chi connectivity index (χ4n) is 8.86. The molecule has 2 heterocycles. The molecule has 0 saturated heterocycles. The Morgan fingerprint density at radius 1 is 0.276 bits per heavy atom. The van der Waals surface area contributed by atoms with E-state index in [1.807, 2.05) is 30.3 Å². The van der Waals surface area contributed by atoms with Crippen LogP contribution in [-0.2, 0) is 4.57 Å². The number of hydrogen-bond acceptors (Lipinski definition) is 1. The highest BCUT2D eigenvalue weighted by molar-refractivity contribution is 7.85. The van der Waals surface area contributed by atoms with Gasteiger partial charge in [-0.3, -0.25) is 0 Å². The molecule has 58 heavy (non-hydrogen) atoms. The lowest BCUT2D eigenvalue weighted by molar-refractivity contribution is 0.592. The highest BCUT2D eigenvalue weighted by Crippen LogP contribution is 2.43. The number of aromatic nitrogens is 2. The van der Waals surface area contributed by atoms with Gasteiger partial charge in [0, 0.05) is 48.8 Å². The summed E-state index contributed by atoms with van der Waals surface area (Å²) in [5, 5.41) is 7.40. The quantitative estimate of drug-likeness (QED) is 0.149. The zero-order valence-electron chi connectivity index (χ0n) is 31.6. The summed E-state index contributed by atoms with van der Waals surface area (Å²) >= 11 is 0. The van der Waals surface area contributed by atoms with Gasteiger partial charge in [-0.1, -0.05) is 176 Å². The van der Waals surface area contributed by atoms with Crippen LogP contribution in [0.15, 0.2) is 224 Å². The van der Waals surface area contributed by atoms with Crippen LogP contribution in [0.2, 0.25) is 0 Å². The molecular weight excluding hydrogens is 724 g/mol. The van der Waals surface area contributed by atoms with Crippen molar-refractivity contribution in [2.45, 2.75) is 0 Å². The van der Waals surface area contributed by atoms with Crippen LogP contribution >= 0.6 is 7.14 Å². The molecule has 0 atom stereocenters. The SMILES string of the molecule is O=P(c1ccccc1)(c1ccc(-c2cccc(-n3c4ccccc4c4ccccc43)c2)cc1)c1ccc(-c2cccc(-n3c4ccccc4c4ccccc43)c2)cc1. The smallest absolute Gasteiger partial charge is 0.171 e. The molecule has 0 aliphatic carbocycles. The van der Waals surface area contributed by atoms with E-state index in [1.54, 1.807) is 0 Å². The van der Waals surface area contributed by atoms with Crippen molar-refractivity contribution >= 4 is 66.7 Å². The standard InChI is InChI=1S/C54H37N2OP/c57-58(44-18-2-1-3-19-44,45-32-28-38(29-33-45)40-14-12-16-42(36-40)55-51-24-8-4-20-47(51)48-21-5-9-25-52(48)55)46-34-30-39(31-35-46)41-15-13-17-43(37-41)56-53-26-10-6-22-49(53)50-23-7-11-27-54(50)56/h1-37H. The van der Waals surface area contributed by atoms with Gasteiger partial charge in [-0.15, -0.1) is 0 Å². The van der Waals surface area contributed by atoms with E-state index in [0.717, 1.165) is 49.5 Å². The van der Waals surface area contributed by atoms with Gasteiger partial charge in [-0.05, 0) is 70.8 Å². The lowest BCUT2D eigenvalue weighted by Crippen LogP contribution is -2.24. The Bertz CT molecular complexity index is 3050. The molecule has 9 aromatic carbocycles. The molecule has 11 aromatic rings. The van der Waals surface area contributed by atoms with Crippen LogP contribution in [0.5, 0.6) is 0 Å². The first-order valence-corrected chi connectivity index (χ1v) is 21.4. The minimum Gasteiger partial charge on any atom is -0.309 e. The van der Waals surface area contributed by atoms with Gasteiger partial charge in [0.15, 0.2) is 7.14 Å². The third-order valence-corrected chi connectivity index (χ3v) is 14.7. The van der Waals surface area contributed by atoms with Gasteiger partial charge in [0.1, 0.15) is 0 Å². The highest BCUT2D eigenvalue weighted by Gasteiger charge is 2.30. The Morgan fingerprint density at radius 2 is 0.603 bits per heavy atom. The number of nitrogens with zero attached hydrogens (tertiary/aromatic N) is 2. The molecular formula is C54H37N2OP. The van der Waals surface area contributed by atoms with E-state index in [9.17, 15) is 0 Å². The second-order valence-electron chi connectivity index (χ2n) is 14.9. The molecule has 0 radical (unpaired) electrons. The van der Waals surface area contributed by atoms with E-state index >= 15 is 4.57 Å². The summed E-state index contributed by atoms with van der Waals surface area (Å²) in [6, 6.07) is 78.3. The van der Waals surface area contributed by atoms with Crippen molar-refractivity contribution < 1.29 is 4.57 Å². The van der Waals surface area contributed by atoms with Crippen LogP contribution < -0.4 is 15.9 Å². The molecule has 0 saturated carbocycles. The van der Waals surface area contributed by atoms with Crippen molar-refractivity contribution in [2.75, 3.05) is 0 Å². The van der Waals surface area contributed by atoms with E-state index in [2.05, 4.69) is 203 Å². The van der Waals surface area contributed by atoms with Gasteiger partial charge in [0.25, 0.3) is 0 Å². The minimum absolute atomic E-state index is 0.808. The number of para-hydroxylation sites is 4. The van der Waals surface area contributed by atoms with Crippen LogP contribution in [0.3, 0.4) is 0 Å². The van der Waals surface area contributed by atoms with Crippen molar-refractivity contribution in [1.29, 1.82) is 0 Å². The summed E-state index contributed by atoms with van der Waals surface area (Å²) in [7, 11) is -3.22. The molecule has 0 N–H and O–H groups in total. The maximum Gasteiger partial charge on any atom is 0.171 e. The van der Waals surface area contributed by atoms with Crippen molar-refractivity contribution in [3.05, 3.63) is 224 Å². The lowest BCUT2D eigenvalue weighted by Gasteiger charge is -2.21. The Hall–Kier alpha value is -7.19. The second kappa shape index (κ2) is 13.8. The zero-order chi connectivity index (χ0) is 38.6. The van der Waals surface area contributed by atoms with Crippen LogP contribution in [0, 0.1) is 0 Å². The van der Waals surface area contributed by atoms with E-state index in [4.69, 9.17) is 0 Å². The van der Waals surface area contributed by atoms with Crippen LogP contribution in [0.1, 0.15) is 0 Å². The Balaban J connectivity index is 0.951. The van der Waals surface area contributed by atoms with E-state index in [1.165, 1.54) is 43.6 Å². The van der Waals surface area contributed by atoms with E-state index in [0.29, 0.717) is 0 Å². The predicted octanol–water partition coefficient (Wildman–Crippen LogP) is 12.9. The number of rotatable bonds is 7. The fourth-order valence-corrected chi connectivity index (χ4v) is 11.5. The average Bonchev–Trinajstić information content (AvgIpc) is 3.82. The molecule has 0 bridgehead atoms. The molecule has 0 aliphatic rings. The summed E-state index contributed by atoms with van der Waals surface area (Å²) in [4.78, 5) is 0. The highest BCUT2D eigenvalue weighted by atomic mass is 31.2. The summed E-state index contributed by atoms with van der Waals surface area (Å²) < 4.78 is 20.3. The largest absolute Gasteiger partial charge is 0.309 e. The fraction of sp³-hybridized carbons (Fsp3) is 0. The molecule has 3 nitrogen and oxygen atoms in total. The minimum atomic E-state index is -3.22. The average molecular weight is 761 g/mol. The van der Waals surface area contributed by atoms with Crippen molar-refractivity contribution in [2.24, 2.45) is 0 Å². The lowest BCUT2D eigenvalue weighted by atomic mass is 10.1. The first kappa shape index (κ1) is 34.1. The number of fused-ring (bicyclic) bond motifs is 6. The summed E-state index contributed by atoms with van der Waals surface area (Å²) in [5.41, 5.74) is 11.3. The normalized spacial score (nSPS) is 11.9. The topological polar surface area (TPSA) is 26.9 Å². The molecule has 0 fully saturated rings. The van der Waals surface area contributed by atoms with Crippen LogP contribution in [0.25, 0.3) is 77.2 Å². The number of benzene rings is 9. The molecule has 4 heteroatoms. The van der Waals surface area contributed by atoms with E-state index in [-0.39, 0.29) is 0 Å². The van der Waals surface area contributed by atoms with Gasteiger partial charge in [-0.25, -0.2) is 0 Å². The van der Waals surface area contributed by atoms with Gasteiger partial charge in [-0.2, -0.15) is 0 Å². The molecule has 0 spiro atoms. The zero-order valence-corrected chi connectivity index (χ0v) is 32.5. The first-order valence-electron chi connectivity index (χ1n) is 19.7. The van der Waals surface area contributed by atoms with Gasteiger partial charge in [0.2, 0.25) is 0 Å². The van der Waals surface area contributed by atoms with Gasteiger partial charge in [0.05, 0.1) is 22.1 Å². The molecule has 2 aromatic heterocycles. The molecule has 0 aliphatic heterocycles. The Morgan fingerprint density at radius 3 is 0.983 bits per heavy atom. The van der Waals surface area contributed by atoms with E-state index < -0.39 is 7.14 Å². The summed E-state index contributed by atoms with van der Waals surface area (Å²) in [5.74, 6) is 0. The molecule has 0 amide bonds. The monoisotopic (exact) mass is 760 g/mol.